The van der Waals surface area contributed by atoms with Crippen LogP contribution in [0.15, 0.2) is 35.8 Å². The van der Waals surface area contributed by atoms with Crippen LogP contribution in [-0.2, 0) is 6.42 Å². The van der Waals surface area contributed by atoms with Gasteiger partial charge in [-0.1, -0.05) is 25.5 Å². The van der Waals surface area contributed by atoms with Crippen LogP contribution in [0.4, 0.5) is 0 Å². The summed E-state index contributed by atoms with van der Waals surface area (Å²) in [5.74, 6) is 1.24. The minimum Gasteiger partial charge on any atom is -0.494 e. The Morgan fingerprint density at radius 3 is 3.00 bits per heavy atom. The first-order valence-corrected chi connectivity index (χ1v) is 8.02. The summed E-state index contributed by atoms with van der Waals surface area (Å²) in [4.78, 5) is 4.37. The van der Waals surface area contributed by atoms with Crippen molar-refractivity contribution in [2.45, 2.75) is 32.1 Å². The Balaban J connectivity index is 1.99. The van der Waals surface area contributed by atoms with E-state index in [1.165, 1.54) is 5.56 Å². The summed E-state index contributed by atoms with van der Waals surface area (Å²) >= 11 is 1.67. The SMILES string of the molecule is CCCCOc1cccc(CC(CN)c2nccs2)c1. The van der Waals surface area contributed by atoms with Gasteiger partial charge in [0.1, 0.15) is 5.75 Å². The largest absolute Gasteiger partial charge is 0.494 e. The second-order valence-electron chi connectivity index (χ2n) is 4.86. The highest BCUT2D eigenvalue weighted by molar-refractivity contribution is 7.09. The van der Waals surface area contributed by atoms with E-state index in [4.69, 9.17) is 10.5 Å². The average Bonchev–Trinajstić information content (AvgIpc) is 2.99. The fourth-order valence-electron chi connectivity index (χ4n) is 2.09. The first-order valence-electron chi connectivity index (χ1n) is 7.14. The van der Waals surface area contributed by atoms with Crippen molar-refractivity contribution in [3.8, 4) is 5.75 Å². The van der Waals surface area contributed by atoms with Gasteiger partial charge in [0.25, 0.3) is 0 Å². The van der Waals surface area contributed by atoms with E-state index in [0.29, 0.717) is 12.5 Å². The standard InChI is InChI=1S/C16H22N2OS/c1-2-3-8-19-15-6-4-5-13(11-15)10-14(12-17)16-18-7-9-20-16/h4-7,9,11,14H,2-3,8,10,12,17H2,1H3. The number of unbranched alkanes of at least 4 members (excludes halogenated alkanes) is 1. The molecular weight excluding hydrogens is 268 g/mol. The topological polar surface area (TPSA) is 48.1 Å². The third-order valence-corrected chi connectivity index (χ3v) is 4.17. The molecule has 0 saturated carbocycles. The molecule has 1 unspecified atom stereocenters. The molecule has 4 heteroatoms. The molecule has 0 radical (unpaired) electrons. The maximum atomic E-state index is 5.88. The highest BCUT2D eigenvalue weighted by atomic mass is 32.1. The fraction of sp³-hybridized carbons (Fsp3) is 0.438. The lowest BCUT2D eigenvalue weighted by Crippen LogP contribution is -2.14. The molecule has 0 saturated heterocycles. The van der Waals surface area contributed by atoms with Crippen LogP contribution in [0, 0.1) is 0 Å². The number of aromatic nitrogens is 1. The minimum absolute atomic E-state index is 0.292. The van der Waals surface area contributed by atoms with Gasteiger partial charge in [-0.05, 0) is 30.5 Å². The Labute approximate surface area is 124 Å². The van der Waals surface area contributed by atoms with Gasteiger partial charge in [0.05, 0.1) is 11.6 Å². The number of hydrogen-bond acceptors (Lipinski definition) is 4. The van der Waals surface area contributed by atoms with Crippen molar-refractivity contribution in [3.63, 3.8) is 0 Å². The lowest BCUT2D eigenvalue weighted by Gasteiger charge is -2.13. The molecule has 2 rings (SSSR count). The van der Waals surface area contributed by atoms with E-state index in [-0.39, 0.29) is 0 Å². The van der Waals surface area contributed by atoms with Crippen LogP contribution in [0.25, 0.3) is 0 Å². The van der Waals surface area contributed by atoms with Crippen molar-refractivity contribution >= 4 is 11.3 Å². The Kier molecular flexibility index (Phi) is 6.02. The van der Waals surface area contributed by atoms with Crippen molar-refractivity contribution in [3.05, 3.63) is 46.4 Å². The number of rotatable bonds is 8. The van der Waals surface area contributed by atoms with Crippen LogP contribution >= 0.6 is 11.3 Å². The van der Waals surface area contributed by atoms with Crippen LogP contribution in [0.5, 0.6) is 5.75 Å². The van der Waals surface area contributed by atoms with E-state index in [9.17, 15) is 0 Å². The van der Waals surface area contributed by atoms with Gasteiger partial charge in [0.15, 0.2) is 0 Å². The summed E-state index contributed by atoms with van der Waals surface area (Å²) in [5.41, 5.74) is 7.14. The zero-order valence-electron chi connectivity index (χ0n) is 11.9. The Morgan fingerprint density at radius 1 is 1.40 bits per heavy atom. The molecule has 2 aromatic rings. The third-order valence-electron chi connectivity index (χ3n) is 3.23. The molecule has 2 N–H and O–H groups in total. The van der Waals surface area contributed by atoms with Gasteiger partial charge in [-0.3, -0.25) is 0 Å². The molecule has 1 aromatic carbocycles. The lowest BCUT2D eigenvalue weighted by molar-refractivity contribution is 0.309. The number of benzene rings is 1. The first kappa shape index (κ1) is 15.0. The predicted molar refractivity (Wildman–Crippen MR) is 84.5 cm³/mol. The predicted octanol–water partition coefficient (Wildman–Crippen LogP) is 3.61. The Hall–Kier alpha value is -1.39. The van der Waals surface area contributed by atoms with Crippen molar-refractivity contribution in [1.82, 2.24) is 4.98 Å². The van der Waals surface area contributed by atoms with Crippen LogP contribution < -0.4 is 10.5 Å². The van der Waals surface area contributed by atoms with Gasteiger partial charge in [-0.15, -0.1) is 11.3 Å². The summed E-state index contributed by atoms with van der Waals surface area (Å²) in [6, 6.07) is 8.31. The molecule has 0 fully saturated rings. The van der Waals surface area contributed by atoms with Crippen molar-refractivity contribution in [2.75, 3.05) is 13.2 Å². The molecule has 0 aliphatic rings. The van der Waals surface area contributed by atoms with E-state index in [1.54, 1.807) is 11.3 Å². The van der Waals surface area contributed by atoms with E-state index in [2.05, 4.69) is 24.0 Å². The maximum absolute atomic E-state index is 5.88. The third kappa shape index (κ3) is 4.32. The summed E-state index contributed by atoms with van der Waals surface area (Å²) in [5, 5.41) is 3.12. The molecule has 0 spiro atoms. The number of thiazole rings is 1. The number of ether oxygens (including phenoxy) is 1. The number of nitrogens with two attached hydrogens (primary N) is 1. The zero-order chi connectivity index (χ0) is 14.2. The number of nitrogens with zero attached hydrogens (tertiary/aromatic N) is 1. The van der Waals surface area contributed by atoms with E-state index in [0.717, 1.165) is 36.6 Å². The monoisotopic (exact) mass is 290 g/mol. The van der Waals surface area contributed by atoms with E-state index in [1.807, 2.05) is 23.7 Å². The summed E-state index contributed by atoms with van der Waals surface area (Å²) in [6.45, 7) is 3.57. The van der Waals surface area contributed by atoms with E-state index >= 15 is 0 Å². The van der Waals surface area contributed by atoms with Gasteiger partial charge in [-0.25, -0.2) is 4.98 Å². The molecule has 3 nitrogen and oxygen atoms in total. The summed E-state index contributed by atoms with van der Waals surface area (Å²) in [6.07, 6.45) is 5.00. The highest BCUT2D eigenvalue weighted by Gasteiger charge is 2.13. The molecule has 1 atom stereocenters. The van der Waals surface area contributed by atoms with Gasteiger partial charge >= 0.3 is 0 Å². The second-order valence-corrected chi connectivity index (χ2v) is 5.78. The lowest BCUT2D eigenvalue weighted by atomic mass is 10.00. The van der Waals surface area contributed by atoms with Crippen LogP contribution in [0.3, 0.4) is 0 Å². The molecule has 1 aromatic heterocycles. The average molecular weight is 290 g/mol. The van der Waals surface area contributed by atoms with Crippen molar-refractivity contribution < 1.29 is 4.74 Å². The highest BCUT2D eigenvalue weighted by Crippen LogP contribution is 2.24. The Morgan fingerprint density at radius 2 is 2.30 bits per heavy atom. The minimum atomic E-state index is 0.292. The molecule has 108 valence electrons. The molecule has 0 amide bonds. The van der Waals surface area contributed by atoms with E-state index < -0.39 is 0 Å². The summed E-state index contributed by atoms with van der Waals surface area (Å²) in [7, 11) is 0. The van der Waals surface area contributed by atoms with Gasteiger partial charge in [-0.2, -0.15) is 0 Å². The maximum Gasteiger partial charge on any atom is 0.119 e. The van der Waals surface area contributed by atoms with Crippen molar-refractivity contribution in [1.29, 1.82) is 0 Å². The second kappa shape index (κ2) is 8.02. The molecule has 0 aliphatic heterocycles. The van der Waals surface area contributed by atoms with Crippen molar-refractivity contribution in [2.24, 2.45) is 5.73 Å². The molecule has 20 heavy (non-hydrogen) atoms. The smallest absolute Gasteiger partial charge is 0.119 e. The quantitative estimate of drug-likeness (QED) is 0.756. The molecular formula is C16H22N2OS. The van der Waals surface area contributed by atoms with Gasteiger partial charge < -0.3 is 10.5 Å². The normalized spacial score (nSPS) is 12.3. The van der Waals surface area contributed by atoms with Crippen LogP contribution in [0.2, 0.25) is 0 Å². The van der Waals surface area contributed by atoms with Gasteiger partial charge in [0.2, 0.25) is 0 Å². The van der Waals surface area contributed by atoms with Crippen LogP contribution in [-0.4, -0.2) is 18.1 Å². The first-order chi connectivity index (χ1) is 9.83. The zero-order valence-corrected chi connectivity index (χ0v) is 12.7. The van der Waals surface area contributed by atoms with Crippen LogP contribution in [0.1, 0.15) is 36.3 Å². The van der Waals surface area contributed by atoms with Gasteiger partial charge in [0, 0.05) is 24.0 Å². The molecule has 0 aliphatic carbocycles. The fourth-order valence-corrected chi connectivity index (χ4v) is 2.84. The molecule has 0 bridgehead atoms. The Bertz CT molecular complexity index is 499. The number of hydrogen-bond donors (Lipinski definition) is 1. The summed E-state index contributed by atoms with van der Waals surface area (Å²) < 4.78 is 5.75. The molecule has 1 heterocycles.